The molecule has 2 amide bonds. The molecule has 1 fully saturated rings. The molecule has 0 spiro atoms. The maximum Gasteiger partial charge on any atom is 0.315 e. The van der Waals surface area contributed by atoms with E-state index in [0.29, 0.717) is 12.0 Å². The van der Waals surface area contributed by atoms with Gasteiger partial charge in [0.05, 0.1) is 0 Å². The van der Waals surface area contributed by atoms with Crippen LogP contribution in [0.4, 0.5) is 4.79 Å². The first-order valence-corrected chi connectivity index (χ1v) is 7.24. The zero-order valence-corrected chi connectivity index (χ0v) is 11.7. The number of hydrogen-bond donors (Lipinski definition) is 2. The number of rotatable bonds is 5. The highest BCUT2D eigenvalue weighted by Crippen LogP contribution is 2.39. The summed E-state index contributed by atoms with van der Waals surface area (Å²) in [4.78, 5) is 11.7. The van der Waals surface area contributed by atoms with Crippen molar-refractivity contribution in [2.45, 2.75) is 45.6 Å². The van der Waals surface area contributed by atoms with Gasteiger partial charge in [0.1, 0.15) is 0 Å². The van der Waals surface area contributed by atoms with E-state index in [4.69, 9.17) is 0 Å². The van der Waals surface area contributed by atoms with Gasteiger partial charge in [-0.25, -0.2) is 4.79 Å². The van der Waals surface area contributed by atoms with Crippen LogP contribution in [0.1, 0.15) is 44.6 Å². The lowest BCUT2D eigenvalue weighted by Gasteiger charge is -2.23. The number of carbonyl (C=O) groups excluding carboxylic acids is 1. The van der Waals surface area contributed by atoms with Crippen molar-refractivity contribution in [1.82, 2.24) is 10.6 Å². The Hall–Kier alpha value is -1.51. The van der Waals surface area contributed by atoms with Crippen molar-refractivity contribution < 1.29 is 4.79 Å². The molecule has 104 valence electrons. The second kappa shape index (κ2) is 6.60. The summed E-state index contributed by atoms with van der Waals surface area (Å²) in [7, 11) is 0. The van der Waals surface area contributed by atoms with Crippen molar-refractivity contribution in [2.75, 3.05) is 6.54 Å². The van der Waals surface area contributed by atoms with Gasteiger partial charge in [-0.1, -0.05) is 50.1 Å². The van der Waals surface area contributed by atoms with Gasteiger partial charge in [0.25, 0.3) is 0 Å². The Morgan fingerprint density at radius 3 is 2.53 bits per heavy atom. The van der Waals surface area contributed by atoms with E-state index in [1.165, 1.54) is 25.7 Å². The Labute approximate surface area is 115 Å². The van der Waals surface area contributed by atoms with Crippen LogP contribution in [0.2, 0.25) is 0 Å². The van der Waals surface area contributed by atoms with Crippen molar-refractivity contribution >= 4 is 6.03 Å². The van der Waals surface area contributed by atoms with Crippen LogP contribution in [0.5, 0.6) is 0 Å². The van der Waals surface area contributed by atoms with Gasteiger partial charge in [0.15, 0.2) is 0 Å². The molecule has 0 bridgehead atoms. The third-order valence-corrected chi connectivity index (χ3v) is 4.12. The summed E-state index contributed by atoms with van der Waals surface area (Å²) in [5, 5.41) is 5.84. The minimum atomic E-state index is -0.0644. The Balaban J connectivity index is 1.62. The molecule has 2 rings (SSSR count). The molecule has 1 saturated carbocycles. The number of benzene rings is 1. The molecule has 0 radical (unpaired) electrons. The molecule has 1 aromatic carbocycles. The molecule has 0 unspecified atom stereocenters. The molecule has 0 aliphatic heterocycles. The van der Waals surface area contributed by atoms with E-state index < -0.39 is 0 Å². The molecular formula is C16H24N2O. The quantitative estimate of drug-likeness (QED) is 0.836. The second-order valence-corrected chi connectivity index (χ2v) is 5.86. The first-order valence-electron chi connectivity index (χ1n) is 7.24. The van der Waals surface area contributed by atoms with Gasteiger partial charge in [-0.05, 0) is 30.2 Å². The van der Waals surface area contributed by atoms with Gasteiger partial charge in [-0.2, -0.15) is 0 Å². The topological polar surface area (TPSA) is 41.1 Å². The maximum atomic E-state index is 11.7. The summed E-state index contributed by atoms with van der Waals surface area (Å²) < 4.78 is 0. The van der Waals surface area contributed by atoms with Crippen molar-refractivity contribution in [3.05, 3.63) is 35.9 Å². The zero-order valence-electron chi connectivity index (χ0n) is 11.7. The molecule has 1 aliphatic carbocycles. The average Bonchev–Trinajstić information content (AvgIpc) is 2.85. The van der Waals surface area contributed by atoms with Crippen LogP contribution >= 0.6 is 0 Å². The van der Waals surface area contributed by atoms with E-state index in [1.807, 2.05) is 30.3 Å². The maximum absolute atomic E-state index is 11.7. The third-order valence-electron chi connectivity index (χ3n) is 4.12. The summed E-state index contributed by atoms with van der Waals surface area (Å²) in [6, 6.07) is 9.91. The van der Waals surface area contributed by atoms with E-state index in [0.717, 1.165) is 18.5 Å². The monoisotopic (exact) mass is 260 g/mol. The van der Waals surface area contributed by atoms with Crippen LogP contribution in [-0.4, -0.2) is 12.6 Å². The highest BCUT2D eigenvalue weighted by molar-refractivity contribution is 5.73. The lowest BCUT2D eigenvalue weighted by atomic mass is 9.85. The average molecular weight is 260 g/mol. The Morgan fingerprint density at radius 1 is 1.16 bits per heavy atom. The summed E-state index contributed by atoms with van der Waals surface area (Å²) in [5.74, 6) is 0. The SMILES string of the molecule is CC1(CCNC(=O)NCc2ccccc2)CCCC1. The normalized spacial score (nSPS) is 17.1. The molecule has 19 heavy (non-hydrogen) atoms. The van der Waals surface area contributed by atoms with Crippen LogP contribution < -0.4 is 10.6 Å². The van der Waals surface area contributed by atoms with Crippen molar-refractivity contribution in [3.8, 4) is 0 Å². The predicted molar refractivity (Wildman–Crippen MR) is 77.9 cm³/mol. The van der Waals surface area contributed by atoms with Crippen LogP contribution in [0.15, 0.2) is 30.3 Å². The third kappa shape index (κ3) is 4.58. The van der Waals surface area contributed by atoms with Crippen molar-refractivity contribution in [3.63, 3.8) is 0 Å². The molecule has 3 nitrogen and oxygen atoms in total. The first-order chi connectivity index (χ1) is 9.18. The van der Waals surface area contributed by atoms with E-state index in [2.05, 4.69) is 17.6 Å². The summed E-state index contributed by atoms with van der Waals surface area (Å²) in [6.45, 7) is 3.70. The molecule has 0 saturated heterocycles. The van der Waals surface area contributed by atoms with Crippen LogP contribution in [0, 0.1) is 5.41 Å². The minimum Gasteiger partial charge on any atom is -0.338 e. The van der Waals surface area contributed by atoms with Crippen LogP contribution in [0.25, 0.3) is 0 Å². The molecule has 3 heteroatoms. The standard InChI is InChI=1S/C16H24N2O/c1-16(9-5-6-10-16)11-12-17-15(19)18-13-14-7-3-2-4-8-14/h2-4,7-8H,5-6,9-13H2,1H3,(H2,17,18,19). The van der Waals surface area contributed by atoms with Crippen molar-refractivity contribution in [1.29, 1.82) is 0 Å². The minimum absolute atomic E-state index is 0.0644. The highest BCUT2D eigenvalue weighted by Gasteiger charge is 2.27. The van der Waals surface area contributed by atoms with Gasteiger partial charge in [-0.3, -0.25) is 0 Å². The number of hydrogen-bond acceptors (Lipinski definition) is 1. The van der Waals surface area contributed by atoms with Gasteiger partial charge in [0, 0.05) is 13.1 Å². The lowest BCUT2D eigenvalue weighted by molar-refractivity contribution is 0.236. The van der Waals surface area contributed by atoms with Crippen LogP contribution in [0.3, 0.4) is 0 Å². The molecule has 1 aliphatic rings. The van der Waals surface area contributed by atoms with E-state index >= 15 is 0 Å². The molecule has 0 aromatic heterocycles. The Morgan fingerprint density at radius 2 is 1.84 bits per heavy atom. The summed E-state index contributed by atoms with van der Waals surface area (Å²) in [5.41, 5.74) is 1.58. The fourth-order valence-electron chi connectivity index (χ4n) is 2.80. The fraction of sp³-hybridized carbons (Fsp3) is 0.562. The fourth-order valence-corrected chi connectivity index (χ4v) is 2.80. The van der Waals surface area contributed by atoms with Crippen molar-refractivity contribution in [2.24, 2.45) is 5.41 Å². The van der Waals surface area contributed by atoms with E-state index in [-0.39, 0.29) is 6.03 Å². The Kier molecular flexibility index (Phi) is 4.83. The molecule has 2 N–H and O–H groups in total. The predicted octanol–water partition coefficient (Wildman–Crippen LogP) is 3.46. The van der Waals surface area contributed by atoms with E-state index in [1.54, 1.807) is 0 Å². The van der Waals surface area contributed by atoms with Gasteiger partial charge in [-0.15, -0.1) is 0 Å². The second-order valence-electron chi connectivity index (χ2n) is 5.86. The first kappa shape index (κ1) is 13.9. The smallest absolute Gasteiger partial charge is 0.315 e. The number of urea groups is 1. The molecule has 0 heterocycles. The highest BCUT2D eigenvalue weighted by atomic mass is 16.2. The van der Waals surface area contributed by atoms with Gasteiger partial charge < -0.3 is 10.6 Å². The zero-order chi connectivity index (χ0) is 13.6. The lowest BCUT2D eigenvalue weighted by Crippen LogP contribution is -2.36. The number of carbonyl (C=O) groups is 1. The van der Waals surface area contributed by atoms with E-state index in [9.17, 15) is 4.79 Å². The molecule has 0 atom stereocenters. The largest absolute Gasteiger partial charge is 0.338 e. The van der Waals surface area contributed by atoms with Crippen LogP contribution in [-0.2, 0) is 6.54 Å². The van der Waals surface area contributed by atoms with Gasteiger partial charge >= 0.3 is 6.03 Å². The summed E-state index contributed by atoms with van der Waals surface area (Å²) >= 11 is 0. The number of amides is 2. The number of nitrogens with one attached hydrogen (secondary N) is 2. The molecule has 1 aromatic rings. The van der Waals surface area contributed by atoms with Gasteiger partial charge in [0.2, 0.25) is 0 Å². The Bertz CT molecular complexity index is 396. The molecular weight excluding hydrogens is 236 g/mol. The summed E-state index contributed by atoms with van der Waals surface area (Å²) in [6.07, 6.45) is 6.39.